The zero-order valence-electron chi connectivity index (χ0n) is 19.1. The average molecular weight is 428 g/mol. The van der Waals surface area contributed by atoms with E-state index in [0.29, 0.717) is 0 Å². The van der Waals surface area contributed by atoms with Crippen LogP contribution in [0.2, 0.25) is 0 Å². The van der Waals surface area contributed by atoms with Gasteiger partial charge in [0, 0.05) is 23.6 Å². The van der Waals surface area contributed by atoms with Gasteiger partial charge >= 0.3 is 0 Å². The Kier molecular flexibility index (Phi) is 6.33. The summed E-state index contributed by atoms with van der Waals surface area (Å²) in [7, 11) is 0. The first-order valence-corrected chi connectivity index (χ1v) is 11.9. The second kappa shape index (κ2) is 9.15. The van der Waals surface area contributed by atoms with Crippen molar-refractivity contribution in [2.75, 3.05) is 11.4 Å². The fourth-order valence-electron chi connectivity index (χ4n) is 4.01. The fourth-order valence-corrected chi connectivity index (χ4v) is 5.22. The minimum atomic E-state index is 0.976. The van der Waals surface area contributed by atoms with Gasteiger partial charge in [-0.25, -0.2) is 0 Å². The van der Waals surface area contributed by atoms with Crippen molar-refractivity contribution in [1.82, 2.24) is 0 Å². The second-order valence-electron chi connectivity index (χ2n) is 8.07. The molecule has 158 valence electrons. The lowest BCUT2D eigenvalue weighted by Crippen LogP contribution is -2.32. The van der Waals surface area contributed by atoms with E-state index in [2.05, 4.69) is 117 Å². The van der Waals surface area contributed by atoms with Crippen molar-refractivity contribution in [3.8, 4) is 0 Å². The average Bonchev–Trinajstić information content (AvgIpc) is 3.12. The van der Waals surface area contributed by atoms with Gasteiger partial charge in [-0.2, -0.15) is 4.57 Å². The molecular weight excluding hydrogens is 396 g/mol. The van der Waals surface area contributed by atoms with Crippen LogP contribution in [0.3, 0.4) is 0 Å². The van der Waals surface area contributed by atoms with Gasteiger partial charge in [0.15, 0.2) is 6.20 Å². The molecule has 3 aromatic rings. The van der Waals surface area contributed by atoms with Crippen molar-refractivity contribution in [3.05, 3.63) is 94.2 Å². The van der Waals surface area contributed by atoms with Crippen molar-refractivity contribution in [2.24, 2.45) is 0 Å². The van der Waals surface area contributed by atoms with E-state index in [4.69, 9.17) is 0 Å². The number of aromatic nitrogens is 1. The number of rotatable bonds is 5. The third-order valence-electron chi connectivity index (χ3n) is 5.98. The Bertz CT molecular complexity index is 1220. The monoisotopic (exact) mass is 427 g/mol. The highest BCUT2D eigenvalue weighted by Crippen LogP contribution is 2.46. The lowest BCUT2D eigenvalue weighted by molar-refractivity contribution is -0.667. The maximum atomic E-state index is 2.41. The lowest BCUT2D eigenvalue weighted by Gasteiger charge is -2.18. The van der Waals surface area contributed by atoms with Crippen molar-refractivity contribution in [3.63, 3.8) is 0 Å². The Hall–Kier alpha value is -2.78. The van der Waals surface area contributed by atoms with Crippen LogP contribution in [0.4, 0.5) is 5.69 Å². The smallest absolute Gasteiger partial charge is 0.213 e. The van der Waals surface area contributed by atoms with Gasteiger partial charge in [-0.15, -0.1) is 0 Å². The second-order valence-corrected chi connectivity index (χ2v) is 9.14. The quantitative estimate of drug-likeness (QED) is 0.314. The first-order chi connectivity index (χ1) is 15.0. The first-order valence-electron chi connectivity index (χ1n) is 11.1. The molecule has 1 aromatic heterocycles. The summed E-state index contributed by atoms with van der Waals surface area (Å²) in [5.74, 6) is 0. The Morgan fingerprint density at radius 1 is 1.06 bits per heavy atom. The highest BCUT2D eigenvalue weighted by molar-refractivity contribution is 8.03. The Labute approximate surface area is 190 Å². The van der Waals surface area contributed by atoms with E-state index >= 15 is 0 Å². The van der Waals surface area contributed by atoms with Gasteiger partial charge < -0.3 is 4.90 Å². The van der Waals surface area contributed by atoms with Gasteiger partial charge in [0.25, 0.3) is 0 Å². The molecular formula is C28H31N2S+. The Morgan fingerprint density at radius 3 is 2.61 bits per heavy atom. The van der Waals surface area contributed by atoms with Crippen LogP contribution in [0, 0.1) is 13.8 Å². The number of para-hydroxylation sites is 1. The third kappa shape index (κ3) is 4.33. The number of benzene rings is 2. The molecule has 0 aliphatic carbocycles. The Balaban J connectivity index is 1.59. The normalized spacial score (nSPS) is 15.5. The maximum Gasteiger partial charge on any atom is 0.213 e. The van der Waals surface area contributed by atoms with Crippen LogP contribution in [0.5, 0.6) is 0 Å². The van der Waals surface area contributed by atoms with E-state index in [0.717, 1.165) is 13.1 Å². The molecule has 4 rings (SSSR count). The zero-order chi connectivity index (χ0) is 22.0. The summed E-state index contributed by atoms with van der Waals surface area (Å²) in [5.41, 5.74) is 7.82. The molecule has 0 spiro atoms. The highest BCUT2D eigenvalue weighted by Gasteiger charge is 2.24. The summed E-state index contributed by atoms with van der Waals surface area (Å²) in [6.45, 7) is 12.9. The molecule has 1 aliphatic rings. The molecule has 0 saturated carbocycles. The molecule has 3 heteroatoms. The van der Waals surface area contributed by atoms with E-state index in [9.17, 15) is 0 Å². The lowest BCUT2D eigenvalue weighted by atomic mass is 10.1. The number of allylic oxidation sites excluding steroid dienone is 4. The predicted molar refractivity (Wildman–Crippen MR) is 135 cm³/mol. The van der Waals surface area contributed by atoms with Crippen LogP contribution in [-0.2, 0) is 6.54 Å². The van der Waals surface area contributed by atoms with E-state index in [-0.39, 0.29) is 0 Å². The van der Waals surface area contributed by atoms with Crippen LogP contribution in [-0.4, -0.2) is 6.54 Å². The molecule has 0 unspecified atom stereocenters. The standard InChI is InChI=1S/C28H31N2S/c1-6-29-17-16-23(24-10-8-9-11-25(24)29)14-12-20(3)13-15-28-30(7-2)26-18-21(4)22(5)19-27(26)31-28/h8-19H,6-7H2,1-5H3/q+1. The first kappa shape index (κ1) is 21.5. The number of aryl methyl sites for hydroxylation is 3. The SMILES string of the molecule is CCN1C(=CC=C(C)C=Cc2cc[n+](CC)c3ccccc23)Sc2cc(C)c(C)cc21. The summed E-state index contributed by atoms with van der Waals surface area (Å²) in [5, 5.41) is 2.59. The number of thioether (sulfide) groups is 1. The molecule has 2 aromatic carbocycles. The number of fused-ring (bicyclic) bond motifs is 2. The molecule has 0 saturated heterocycles. The topological polar surface area (TPSA) is 7.12 Å². The van der Waals surface area contributed by atoms with E-state index in [1.165, 1.54) is 48.8 Å². The molecule has 0 radical (unpaired) electrons. The number of hydrogen-bond donors (Lipinski definition) is 0. The fraction of sp³-hybridized carbons (Fsp3) is 0.250. The highest BCUT2D eigenvalue weighted by atomic mass is 32.2. The van der Waals surface area contributed by atoms with Crippen LogP contribution in [0.1, 0.15) is 37.5 Å². The van der Waals surface area contributed by atoms with Crippen LogP contribution >= 0.6 is 11.8 Å². The van der Waals surface area contributed by atoms with Crippen molar-refractivity contribution < 1.29 is 4.57 Å². The van der Waals surface area contributed by atoms with Crippen LogP contribution in [0.15, 0.2) is 82.4 Å². The predicted octanol–water partition coefficient (Wildman–Crippen LogP) is 7.20. The summed E-state index contributed by atoms with van der Waals surface area (Å²) in [6.07, 6.45) is 11.1. The number of pyridine rings is 1. The molecule has 0 fully saturated rings. The van der Waals surface area contributed by atoms with Crippen molar-refractivity contribution >= 4 is 34.4 Å². The molecule has 0 atom stereocenters. The number of anilines is 1. The number of hydrogen-bond acceptors (Lipinski definition) is 2. The number of nitrogens with zero attached hydrogens (tertiary/aromatic N) is 2. The summed E-state index contributed by atoms with van der Waals surface area (Å²) in [4.78, 5) is 3.77. The largest absolute Gasteiger partial charge is 0.335 e. The minimum absolute atomic E-state index is 0.976. The molecule has 0 amide bonds. The van der Waals surface area contributed by atoms with Crippen molar-refractivity contribution in [2.45, 2.75) is 46.1 Å². The zero-order valence-corrected chi connectivity index (χ0v) is 20.0. The van der Waals surface area contributed by atoms with Crippen LogP contribution in [0.25, 0.3) is 17.0 Å². The molecule has 0 N–H and O–H groups in total. The molecule has 0 bridgehead atoms. The van der Waals surface area contributed by atoms with E-state index in [1.807, 2.05) is 11.8 Å². The van der Waals surface area contributed by atoms with E-state index in [1.54, 1.807) is 0 Å². The maximum absolute atomic E-state index is 2.41. The van der Waals surface area contributed by atoms with Crippen LogP contribution < -0.4 is 9.47 Å². The van der Waals surface area contributed by atoms with Gasteiger partial charge in [-0.1, -0.05) is 47.7 Å². The summed E-state index contributed by atoms with van der Waals surface area (Å²) in [6, 6.07) is 15.5. The van der Waals surface area contributed by atoms with Gasteiger partial charge in [-0.05, 0) is 75.6 Å². The summed E-state index contributed by atoms with van der Waals surface area (Å²) >= 11 is 1.87. The molecule has 1 aliphatic heterocycles. The van der Waals surface area contributed by atoms with Gasteiger partial charge in [0.1, 0.15) is 6.54 Å². The Morgan fingerprint density at radius 2 is 1.84 bits per heavy atom. The van der Waals surface area contributed by atoms with Gasteiger partial charge in [0.05, 0.1) is 16.1 Å². The third-order valence-corrected chi connectivity index (χ3v) is 7.09. The molecule has 31 heavy (non-hydrogen) atoms. The molecule has 2 nitrogen and oxygen atoms in total. The van der Waals surface area contributed by atoms with Gasteiger partial charge in [-0.3, -0.25) is 0 Å². The minimum Gasteiger partial charge on any atom is -0.335 e. The van der Waals surface area contributed by atoms with Gasteiger partial charge in [0.2, 0.25) is 5.52 Å². The molecule has 2 heterocycles. The summed E-state index contributed by atoms with van der Waals surface area (Å²) < 4.78 is 2.29. The van der Waals surface area contributed by atoms with E-state index < -0.39 is 0 Å². The van der Waals surface area contributed by atoms with Crippen molar-refractivity contribution in [1.29, 1.82) is 0 Å².